The van der Waals surface area contributed by atoms with Crippen LogP contribution in [0.2, 0.25) is 0 Å². The molecule has 7 heteroatoms. The number of carbonyl (C=O) groups excluding carboxylic acids is 1. The highest BCUT2D eigenvalue weighted by molar-refractivity contribution is 7.99. The van der Waals surface area contributed by atoms with Gasteiger partial charge in [0.1, 0.15) is 5.76 Å². The molecule has 0 N–H and O–H groups in total. The molecule has 28 heavy (non-hydrogen) atoms. The highest BCUT2D eigenvalue weighted by Gasteiger charge is 2.17. The summed E-state index contributed by atoms with van der Waals surface area (Å²) >= 11 is 1.43. The van der Waals surface area contributed by atoms with Crippen LogP contribution in [0, 0.1) is 13.8 Å². The molecule has 1 amide bonds. The molecule has 2 aromatic heterocycles. The van der Waals surface area contributed by atoms with Crippen LogP contribution in [0.15, 0.2) is 58.6 Å². The maximum absolute atomic E-state index is 12.8. The van der Waals surface area contributed by atoms with Crippen molar-refractivity contribution in [1.29, 1.82) is 0 Å². The van der Waals surface area contributed by atoms with Crippen LogP contribution in [0.3, 0.4) is 0 Å². The lowest BCUT2D eigenvalue weighted by Gasteiger charge is -2.21. The number of amides is 1. The minimum Gasteiger partial charge on any atom is -0.467 e. The number of thioether (sulfide) groups is 1. The Morgan fingerprint density at radius 3 is 2.89 bits per heavy atom. The lowest BCUT2D eigenvalue weighted by molar-refractivity contribution is -0.129. The number of furan rings is 1. The summed E-state index contributed by atoms with van der Waals surface area (Å²) in [5.74, 6) is 1.08. The van der Waals surface area contributed by atoms with Crippen molar-refractivity contribution in [2.45, 2.75) is 25.5 Å². The number of ether oxygens (including phenoxy) is 1. The van der Waals surface area contributed by atoms with E-state index in [4.69, 9.17) is 9.15 Å². The third-order valence-corrected chi connectivity index (χ3v) is 5.56. The van der Waals surface area contributed by atoms with Crippen LogP contribution in [0.1, 0.15) is 16.9 Å². The standard InChI is InChI=1S/C21H25N3O3S/c1-16-6-4-8-19(17(16)2)24-10-9-22-21(24)28-15-20(25)23(11-13-26-3)14-18-7-5-12-27-18/h4-10,12H,11,13-15H2,1-3H3. The highest BCUT2D eigenvalue weighted by Crippen LogP contribution is 2.24. The number of methoxy groups -OCH3 is 1. The third kappa shape index (κ3) is 4.85. The molecule has 6 nitrogen and oxygen atoms in total. The second kappa shape index (κ2) is 9.61. The minimum atomic E-state index is 0.0222. The topological polar surface area (TPSA) is 60.5 Å². The van der Waals surface area contributed by atoms with Crippen molar-refractivity contribution in [3.63, 3.8) is 0 Å². The highest BCUT2D eigenvalue weighted by atomic mass is 32.2. The summed E-state index contributed by atoms with van der Waals surface area (Å²) in [6.45, 7) is 5.62. The first kappa shape index (κ1) is 20.2. The molecule has 0 fully saturated rings. The van der Waals surface area contributed by atoms with Gasteiger partial charge in [-0.1, -0.05) is 23.9 Å². The fourth-order valence-corrected chi connectivity index (χ4v) is 3.75. The van der Waals surface area contributed by atoms with Gasteiger partial charge in [0.2, 0.25) is 5.91 Å². The van der Waals surface area contributed by atoms with Crippen molar-refractivity contribution < 1.29 is 13.9 Å². The molecule has 0 unspecified atom stereocenters. The SMILES string of the molecule is COCCN(Cc1ccco1)C(=O)CSc1nccn1-c1cccc(C)c1C. The summed E-state index contributed by atoms with van der Waals surface area (Å²) in [4.78, 5) is 19.0. The summed E-state index contributed by atoms with van der Waals surface area (Å²) < 4.78 is 12.6. The number of aryl methyl sites for hydroxylation is 1. The average Bonchev–Trinajstić information content (AvgIpc) is 3.37. The van der Waals surface area contributed by atoms with Gasteiger partial charge in [-0.05, 0) is 43.2 Å². The van der Waals surface area contributed by atoms with Gasteiger partial charge in [0.05, 0.1) is 30.9 Å². The Balaban J connectivity index is 1.69. The number of aromatic nitrogens is 2. The minimum absolute atomic E-state index is 0.0222. The summed E-state index contributed by atoms with van der Waals surface area (Å²) in [5, 5.41) is 0.798. The molecule has 3 aromatic rings. The van der Waals surface area contributed by atoms with E-state index < -0.39 is 0 Å². The first-order valence-corrected chi connectivity index (χ1v) is 10.1. The van der Waals surface area contributed by atoms with E-state index in [2.05, 4.69) is 31.0 Å². The fourth-order valence-electron chi connectivity index (χ4n) is 2.88. The number of imidazole rings is 1. The van der Waals surface area contributed by atoms with E-state index in [0.717, 1.165) is 16.6 Å². The number of rotatable bonds is 9. The van der Waals surface area contributed by atoms with E-state index in [-0.39, 0.29) is 5.91 Å². The van der Waals surface area contributed by atoms with Crippen molar-refractivity contribution in [1.82, 2.24) is 14.5 Å². The molecule has 0 saturated carbocycles. The average molecular weight is 400 g/mol. The van der Waals surface area contributed by atoms with Crippen LogP contribution >= 0.6 is 11.8 Å². The molecule has 2 heterocycles. The predicted molar refractivity (Wildman–Crippen MR) is 110 cm³/mol. The van der Waals surface area contributed by atoms with Gasteiger partial charge in [-0.25, -0.2) is 4.98 Å². The van der Waals surface area contributed by atoms with Gasteiger partial charge in [-0.15, -0.1) is 0 Å². The Morgan fingerprint density at radius 2 is 2.14 bits per heavy atom. The Hall–Kier alpha value is -2.51. The first-order valence-electron chi connectivity index (χ1n) is 9.12. The number of benzene rings is 1. The quantitative estimate of drug-likeness (QED) is 0.512. The Morgan fingerprint density at radius 1 is 1.29 bits per heavy atom. The van der Waals surface area contributed by atoms with E-state index in [1.54, 1.807) is 24.5 Å². The molecule has 0 aliphatic rings. The van der Waals surface area contributed by atoms with Gasteiger partial charge >= 0.3 is 0 Å². The number of hydrogen-bond donors (Lipinski definition) is 0. The van der Waals surface area contributed by atoms with Crippen LogP contribution in [-0.2, 0) is 16.1 Å². The summed E-state index contributed by atoms with van der Waals surface area (Å²) in [7, 11) is 1.63. The maximum atomic E-state index is 12.8. The zero-order chi connectivity index (χ0) is 19.9. The fraction of sp³-hybridized carbons (Fsp3) is 0.333. The normalized spacial score (nSPS) is 11.0. The molecule has 0 saturated heterocycles. The maximum Gasteiger partial charge on any atom is 0.233 e. The van der Waals surface area contributed by atoms with Crippen molar-refractivity contribution >= 4 is 17.7 Å². The van der Waals surface area contributed by atoms with Crippen LogP contribution in [0.4, 0.5) is 0 Å². The van der Waals surface area contributed by atoms with E-state index in [0.29, 0.717) is 25.4 Å². The lowest BCUT2D eigenvalue weighted by Crippen LogP contribution is -2.34. The van der Waals surface area contributed by atoms with Gasteiger partial charge in [-0.3, -0.25) is 9.36 Å². The van der Waals surface area contributed by atoms with Crippen molar-refractivity contribution in [2.75, 3.05) is 26.0 Å². The second-order valence-corrected chi connectivity index (χ2v) is 7.42. The molecule has 0 aliphatic heterocycles. The van der Waals surface area contributed by atoms with Gasteiger partial charge in [-0.2, -0.15) is 0 Å². The summed E-state index contributed by atoms with van der Waals surface area (Å²) in [6.07, 6.45) is 5.31. The summed E-state index contributed by atoms with van der Waals surface area (Å²) in [5.41, 5.74) is 3.51. The number of nitrogens with zero attached hydrogens (tertiary/aromatic N) is 3. The zero-order valence-electron chi connectivity index (χ0n) is 16.4. The van der Waals surface area contributed by atoms with Crippen molar-refractivity contribution in [3.05, 3.63) is 65.9 Å². The molecule has 0 bridgehead atoms. The third-order valence-electron chi connectivity index (χ3n) is 4.61. The van der Waals surface area contributed by atoms with Crippen molar-refractivity contribution in [3.8, 4) is 5.69 Å². The molecule has 148 valence electrons. The lowest BCUT2D eigenvalue weighted by atomic mass is 10.1. The van der Waals surface area contributed by atoms with Crippen LogP contribution in [0.25, 0.3) is 5.69 Å². The second-order valence-electron chi connectivity index (χ2n) is 6.47. The summed E-state index contributed by atoms with van der Waals surface area (Å²) in [6, 6.07) is 9.89. The van der Waals surface area contributed by atoms with Crippen LogP contribution in [0.5, 0.6) is 0 Å². The van der Waals surface area contributed by atoms with Crippen LogP contribution < -0.4 is 0 Å². The molecule has 0 atom stereocenters. The molecule has 3 rings (SSSR count). The van der Waals surface area contributed by atoms with E-state index >= 15 is 0 Å². The molecular formula is C21H25N3O3S. The Labute approximate surface area is 169 Å². The van der Waals surface area contributed by atoms with E-state index in [1.165, 1.54) is 22.9 Å². The van der Waals surface area contributed by atoms with Gasteiger partial charge in [0, 0.05) is 26.0 Å². The Bertz CT molecular complexity index is 906. The molecule has 1 aromatic carbocycles. The predicted octanol–water partition coefficient (Wildman–Crippen LogP) is 3.85. The Kier molecular flexibility index (Phi) is 6.95. The van der Waals surface area contributed by atoms with Gasteiger partial charge < -0.3 is 14.1 Å². The number of carbonyl (C=O) groups is 1. The largest absolute Gasteiger partial charge is 0.467 e. The molecule has 0 aliphatic carbocycles. The molecule has 0 spiro atoms. The van der Waals surface area contributed by atoms with Gasteiger partial charge in [0.25, 0.3) is 0 Å². The number of hydrogen-bond acceptors (Lipinski definition) is 5. The van der Waals surface area contributed by atoms with Crippen molar-refractivity contribution in [2.24, 2.45) is 0 Å². The zero-order valence-corrected chi connectivity index (χ0v) is 17.2. The molecule has 0 radical (unpaired) electrons. The van der Waals surface area contributed by atoms with E-state index in [1.807, 2.05) is 29.0 Å². The molecular weight excluding hydrogens is 374 g/mol. The van der Waals surface area contributed by atoms with Crippen LogP contribution in [-0.4, -0.2) is 46.4 Å². The van der Waals surface area contributed by atoms with E-state index in [9.17, 15) is 4.79 Å². The monoisotopic (exact) mass is 399 g/mol. The smallest absolute Gasteiger partial charge is 0.233 e. The van der Waals surface area contributed by atoms with Gasteiger partial charge in [0.15, 0.2) is 5.16 Å². The first-order chi connectivity index (χ1) is 13.6.